The smallest absolute Gasteiger partial charge is 0.247 e. The first-order chi connectivity index (χ1) is 8.36. The van der Waals surface area contributed by atoms with Crippen LogP contribution in [0.1, 0.15) is 19.1 Å². The van der Waals surface area contributed by atoms with Gasteiger partial charge in [0.2, 0.25) is 10.0 Å². The van der Waals surface area contributed by atoms with Crippen molar-refractivity contribution in [3.8, 4) is 0 Å². The standard InChI is InChI=1S/C11H17BrN2O3S/c1-7-3-8(7)6-14(2)18(15,16)10-4-9(5-13)17-11(10)12/h4,7-8H,3,5-6,13H2,1-2H3. The number of halogens is 1. The normalized spacial score (nSPS) is 23.6. The van der Waals surface area contributed by atoms with Crippen LogP contribution in [0.25, 0.3) is 0 Å². The molecule has 7 heteroatoms. The third-order valence-corrected chi connectivity index (χ3v) is 6.04. The zero-order chi connectivity index (χ0) is 13.5. The van der Waals surface area contributed by atoms with Gasteiger partial charge in [0, 0.05) is 19.7 Å². The van der Waals surface area contributed by atoms with Crippen molar-refractivity contribution in [3.05, 3.63) is 16.5 Å². The molecular formula is C11H17BrN2O3S. The highest BCUT2D eigenvalue weighted by atomic mass is 79.9. The van der Waals surface area contributed by atoms with E-state index < -0.39 is 10.0 Å². The fourth-order valence-corrected chi connectivity index (χ4v) is 4.11. The van der Waals surface area contributed by atoms with Crippen LogP contribution in [0, 0.1) is 11.8 Å². The summed E-state index contributed by atoms with van der Waals surface area (Å²) in [4.78, 5) is 0.152. The summed E-state index contributed by atoms with van der Waals surface area (Å²) in [6.45, 7) is 2.86. The molecular weight excluding hydrogens is 320 g/mol. The van der Waals surface area contributed by atoms with Crippen LogP contribution >= 0.6 is 15.9 Å². The minimum Gasteiger partial charge on any atom is -0.452 e. The summed E-state index contributed by atoms with van der Waals surface area (Å²) in [5.41, 5.74) is 5.44. The second-order valence-corrected chi connectivity index (χ2v) is 7.55. The Morgan fingerprint density at radius 1 is 1.61 bits per heavy atom. The van der Waals surface area contributed by atoms with Crippen molar-refractivity contribution in [1.29, 1.82) is 0 Å². The third kappa shape index (κ3) is 2.64. The van der Waals surface area contributed by atoms with Gasteiger partial charge in [-0.3, -0.25) is 0 Å². The molecule has 0 radical (unpaired) electrons. The van der Waals surface area contributed by atoms with Crippen LogP contribution < -0.4 is 5.73 Å². The molecule has 0 saturated heterocycles. The lowest BCUT2D eigenvalue weighted by Gasteiger charge is -2.15. The van der Waals surface area contributed by atoms with Crippen molar-refractivity contribution >= 4 is 26.0 Å². The summed E-state index contributed by atoms with van der Waals surface area (Å²) in [5, 5.41) is 0. The maximum Gasteiger partial charge on any atom is 0.247 e. The van der Waals surface area contributed by atoms with Crippen LogP contribution in [0.5, 0.6) is 0 Å². The SMILES string of the molecule is CC1CC1CN(C)S(=O)(=O)c1cc(CN)oc1Br. The first kappa shape index (κ1) is 14.0. The summed E-state index contributed by atoms with van der Waals surface area (Å²) in [5.74, 6) is 1.55. The Labute approximate surface area is 116 Å². The van der Waals surface area contributed by atoms with Gasteiger partial charge in [0.1, 0.15) is 10.7 Å². The van der Waals surface area contributed by atoms with Gasteiger partial charge < -0.3 is 10.2 Å². The van der Waals surface area contributed by atoms with E-state index in [2.05, 4.69) is 22.9 Å². The molecule has 2 unspecified atom stereocenters. The van der Waals surface area contributed by atoms with Gasteiger partial charge in [-0.05, 0) is 34.2 Å². The van der Waals surface area contributed by atoms with E-state index in [0.29, 0.717) is 24.1 Å². The van der Waals surface area contributed by atoms with Crippen molar-refractivity contribution in [1.82, 2.24) is 4.31 Å². The highest BCUT2D eigenvalue weighted by Crippen LogP contribution is 2.39. The number of nitrogens with zero attached hydrogens (tertiary/aromatic N) is 1. The number of sulfonamides is 1. The van der Waals surface area contributed by atoms with E-state index in [1.807, 2.05) is 0 Å². The van der Waals surface area contributed by atoms with Crippen molar-refractivity contribution in [2.24, 2.45) is 17.6 Å². The van der Waals surface area contributed by atoms with Gasteiger partial charge >= 0.3 is 0 Å². The maximum absolute atomic E-state index is 12.3. The largest absolute Gasteiger partial charge is 0.452 e. The number of hydrogen-bond acceptors (Lipinski definition) is 4. The number of nitrogens with two attached hydrogens (primary N) is 1. The van der Waals surface area contributed by atoms with Crippen molar-refractivity contribution < 1.29 is 12.8 Å². The lowest BCUT2D eigenvalue weighted by molar-refractivity contribution is 0.440. The molecule has 0 aromatic carbocycles. The zero-order valence-electron chi connectivity index (χ0n) is 10.4. The lowest BCUT2D eigenvalue weighted by atomic mass is 10.3. The van der Waals surface area contributed by atoms with Crippen LogP contribution in [-0.4, -0.2) is 26.3 Å². The Morgan fingerprint density at radius 2 is 2.22 bits per heavy atom. The lowest BCUT2D eigenvalue weighted by Crippen LogP contribution is -2.29. The predicted molar refractivity (Wildman–Crippen MR) is 71.4 cm³/mol. The average Bonchev–Trinajstić information content (AvgIpc) is 2.85. The molecule has 1 aliphatic rings. The molecule has 1 aromatic heterocycles. The van der Waals surface area contributed by atoms with E-state index in [1.54, 1.807) is 7.05 Å². The highest BCUT2D eigenvalue weighted by Gasteiger charge is 2.37. The number of hydrogen-bond donors (Lipinski definition) is 1. The van der Waals surface area contributed by atoms with Gasteiger partial charge in [0.15, 0.2) is 4.67 Å². The monoisotopic (exact) mass is 336 g/mol. The molecule has 0 spiro atoms. The molecule has 1 aromatic rings. The van der Waals surface area contributed by atoms with E-state index in [4.69, 9.17) is 10.2 Å². The fraction of sp³-hybridized carbons (Fsp3) is 0.636. The Balaban J connectivity index is 2.20. The summed E-state index contributed by atoms with van der Waals surface area (Å²) in [6.07, 6.45) is 1.10. The summed E-state index contributed by atoms with van der Waals surface area (Å²) in [6, 6.07) is 1.48. The molecule has 0 bridgehead atoms. The molecule has 18 heavy (non-hydrogen) atoms. The topological polar surface area (TPSA) is 76.5 Å². The van der Waals surface area contributed by atoms with E-state index >= 15 is 0 Å². The first-order valence-corrected chi connectivity index (χ1v) is 8.04. The molecule has 2 rings (SSSR count). The fourth-order valence-electron chi connectivity index (χ4n) is 1.92. The molecule has 102 valence electrons. The number of furan rings is 1. The Morgan fingerprint density at radius 3 is 2.67 bits per heavy atom. The quantitative estimate of drug-likeness (QED) is 0.889. The van der Waals surface area contributed by atoms with E-state index in [1.165, 1.54) is 10.4 Å². The van der Waals surface area contributed by atoms with Crippen LogP contribution in [0.2, 0.25) is 0 Å². The second-order valence-electron chi connectivity index (χ2n) is 4.81. The summed E-state index contributed by atoms with van der Waals surface area (Å²) in [7, 11) is -1.90. The highest BCUT2D eigenvalue weighted by molar-refractivity contribution is 9.10. The minimum absolute atomic E-state index is 0.152. The van der Waals surface area contributed by atoms with E-state index in [0.717, 1.165) is 6.42 Å². The van der Waals surface area contributed by atoms with Gasteiger partial charge in [0.25, 0.3) is 0 Å². The van der Waals surface area contributed by atoms with Crippen LogP contribution in [-0.2, 0) is 16.6 Å². The minimum atomic E-state index is -3.50. The third-order valence-electron chi connectivity index (χ3n) is 3.36. The van der Waals surface area contributed by atoms with Gasteiger partial charge in [0.05, 0.1) is 6.54 Å². The maximum atomic E-state index is 12.3. The van der Waals surface area contributed by atoms with Crippen LogP contribution in [0.4, 0.5) is 0 Å². The Hall–Kier alpha value is -0.370. The molecule has 2 N–H and O–H groups in total. The van der Waals surface area contributed by atoms with Gasteiger partial charge in [-0.25, -0.2) is 12.7 Å². The molecule has 0 amide bonds. The van der Waals surface area contributed by atoms with Crippen molar-refractivity contribution in [3.63, 3.8) is 0 Å². The molecule has 1 heterocycles. The summed E-state index contributed by atoms with van der Waals surface area (Å²) < 4.78 is 31.5. The summed E-state index contributed by atoms with van der Waals surface area (Å²) >= 11 is 3.13. The molecule has 1 saturated carbocycles. The zero-order valence-corrected chi connectivity index (χ0v) is 12.8. The van der Waals surface area contributed by atoms with E-state index in [9.17, 15) is 8.42 Å². The van der Waals surface area contributed by atoms with Gasteiger partial charge in [-0.15, -0.1) is 0 Å². The predicted octanol–water partition coefficient (Wildman–Crippen LogP) is 1.78. The molecule has 5 nitrogen and oxygen atoms in total. The molecule has 2 atom stereocenters. The Bertz CT molecular complexity index is 540. The molecule has 1 aliphatic carbocycles. The van der Waals surface area contributed by atoms with Crippen molar-refractivity contribution in [2.75, 3.05) is 13.6 Å². The van der Waals surface area contributed by atoms with Crippen molar-refractivity contribution in [2.45, 2.75) is 24.8 Å². The van der Waals surface area contributed by atoms with Crippen LogP contribution in [0.3, 0.4) is 0 Å². The number of rotatable bonds is 5. The van der Waals surface area contributed by atoms with Gasteiger partial charge in [-0.1, -0.05) is 6.92 Å². The molecule has 1 fully saturated rings. The second kappa shape index (κ2) is 4.96. The first-order valence-electron chi connectivity index (χ1n) is 5.81. The Kier molecular flexibility index (Phi) is 3.87. The van der Waals surface area contributed by atoms with Gasteiger partial charge in [-0.2, -0.15) is 0 Å². The average molecular weight is 337 g/mol. The van der Waals surface area contributed by atoms with E-state index in [-0.39, 0.29) is 16.1 Å². The molecule has 0 aliphatic heterocycles. The van der Waals surface area contributed by atoms with Crippen LogP contribution in [0.15, 0.2) is 20.0 Å².